The van der Waals surface area contributed by atoms with Crippen molar-refractivity contribution in [3.8, 4) is 0 Å². The van der Waals surface area contributed by atoms with Crippen LogP contribution in [0.15, 0.2) is 0 Å². The summed E-state index contributed by atoms with van der Waals surface area (Å²) in [5, 5.41) is 6.35. The van der Waals surface area contributed by atoms with Crippen molar-refractivity contribution in [3.05, 3.63) is 0 Å². The van der Waals surface area contributed by atoms with Crippen LogP contribution in [0.1, 0.15) is 19.3 Å². The SMILES string of the molecule is CNCC(=O)N(CC=O)N1CCCCC1. The molecule has 0 bridgehead atoms. The number of nitrogens with zero attached hydrogens (tertiary/aromatic N) is 2. The maximum Gasteiger partial charge on any atom is 0.251 e. The molecule has 0 saturated carbocycles. The molecule has 1 rings (SSSR count). The number of hydrogen-bond acceptors (Lipinski definition) is 4. The van der Waals surface area contributed by atoms with E-state index in [1.807, 2.05) is 5.01 Å². The molecular weight excluding hydrogens is 194 g/mol. The third-order valence-electron chi connectivity index (χ3n) is 2.54. The minimum Gasteiger partial charge on any atom is -0.311 e. The second kappa shape index (κ2) is 6.53. The maximum absolute atomic E-state index is 11.7. The van der Waals surface area contributed by atoms with E-state index in [9.17, 15) is 9.59 Å². The van der Waals surface area contributed by atoms with Gasteiger partial charge in [0.05, 0.1) is 13.1 Å². The zero-order valence-corrected chi connectivity index (χ0v) is 9.24. The average molecular weight is 213 g/mol. The third kappa shape index (κ3) is 3.60. The molecule has 1 heterocycles. The average Bonchev–Trinajstić information content (AvgIpc) is 2.27. The Bertz CT molecular complexity index is 215. The Kier molecular flexibility index (Phi) is 5.28. The second-order valence-corrected chi connectivity index (χ2v) is 3.69. The number of piperidine rings is 1. The molecule has 15 heavy (non-hydrogen) atoms. The second-order valence-electron chi connectivity index (χ2n) is 3.69. The molecule has 1 aliphatic heterocycles. The van der Waals surface area contributed by atoms with Crippen LogP contribution in [0.5, 0.6) is 0 Å². The van der Waals surface area contributed by atoms with E-state index in [-0.39, 0.29) is 19.0 Å². The molecule has 1 N–H and O–H groups in total. The Morgan fingerprint density at radius 3 is 2.60 bits per heavy atom. The predicted octanol–water partition coefficient (Wildman–Crippen LogP) is -0.366. The lowest BCUT2D eigenvalue weighted by molar-refractivity contribution is -0.151. The molecule has 0 aromatic carbocycles. The Balaban J connectivity index is 2.54. The quantitative estimate of drug-likeness (QED) is 0.633. The molecule has 1 aliphatic rings. The molecule has 0 aromatic rings. The van der Waals surface area contributed by atoms with Crippen LogP contribution in [0.3, 0.4) is 0 Å². The van der Waals surface area contributed by atoms with Gasteiger partial charge in [0, 0.05) is 13.1 Å². The van der Waals surface area contributed by atoms with E-state index in [2.05, 4.69) is 5.32 Å². The number of aldehydes is 1. The van der Waals surface area contributed by atoms with Gasteiger partial charge in [0.15, 0.2) is 0 Å². The van der Waals surface area contributed by atoms with Gasteiger partial charge in [-0.3, -0.25) is 9.80 Å². The first-order chi connectivity index (χ1) is 7.29. The van der Waals surface area contributed by atoms with Crippen molar-refractivity contribution in [1.29, 1.82) is 0 Å². The molecule has 1 fully saturated rings. The van der Waals surface area contributed by atoms with Crippen molar-refractivity contribution in [2.45, 2.75) is 19.3 Å². The Hall–Kier alpha value is -0.940. The zero-order chi connectivity index (χ0) is 11.1. The lowest BCUT2D eigenvalue weighted by Crippen LogP contribution is -2.51. The van der Waals surface area contributed by atoms with Crippen LogP contribution in [0.2, 0.25) is 0 Å². The molecule has 0 spiro atoms. The maximum atomic E-state index is 11.7. The monoisotopic (exact) mass is 213 g/mol. The predicted molar refractivity (Wildman–Crippen MR) is 57.1 cm³/mol. The van der Waals surface area contributed by atoms with Gasteiger partial charge in [-0.25, -0.2) is 5.01 Å². The van der Waals surface area contributed by atoms with Crippen molar-refractivity contribution in [2.75, 3.05) is 33.2 Å². The van der Waals surface area contributed by atoms with E-state index in [0.717, 1.165) is 32.2 Å². The first kappa shape index (κ1) is 12.1. The van der Waals surface area contributed by atoms with E-state index >= 15 is 0 Å². The third-order valence-corrected chi connectivity index (χ3v) is 2.54. The fourth-order valence-corrected chi connectivity index (χ4v) is 1.81. The summed E-state index contributed by atoms with van der Waals surface area (Å²) in [4.78, 5) is 22.2. The largest absolute Gasteiger partial charge is 0.311 e. The van der Waals surface area contributed by atoms with Crippen LogP contribution in [0, 0.1) is 0 Å². The first-order valence-corrected chi connectivity index (χ1v) is 5.43. The van der Waals surface area contributed by atoms with Gasteiger partial charge >= 0.3 is 0 Å². The minimum absolute atomic E-state index is 0.0356. The molecule has 0 radical (unpaired) electrons. The Morgan fingerprint density at radius 2 is 2.07 bits per heavy atom. The molecule has 5 nitrogen and oxygen atoms in total. The smallest absolute Gasteiger partial charge is 0.251 e. The van der Waals surface area contributed by atoms with Crippen molar-refractivity contribution >= 4 is 12.2 Å². The number of amides is 1. The van der Waals surface area contributed by atoms with Crippen LogP contribution in [-0.4, -0.2) is 55.4 Å². The summed E-state index contributed by atoms with van der Waals surface area (Å²) in [5.41, 5.74) is 0. The normalized spacial score (nSPS) is 17.4. The number of nitrogens with one attached hydrogen (secondary N) is 1. The number of carbonyl (C=O) groups excluding carboxylic acids is 2. The van der Waals surface area contributed by atoms with Crippen LogP contribution in [0.25, 0.3) is 0 Å². The lowest BCUT2D eigenvalue weighted by Gasteiger charge is -2.36. The highest BCUT2D eigenvalue weighted by Gasteiger charge is 2.21. The van der Waals surface area contributed by atoms with Gasteiger partial charge in [-0.1, -0.05) is 6.42 Å². The van der Waals surface area contributed by atoms with Gasteiger partial charge in [0.2, 0.25) is 0 Å². The summed E-state index contributed by atoms with van der Waals surface area (Å²) in [7, 11) is 1.73. The molecule has 1 amide bonds. The standard InChI is InChI=1S/C10H19N3O2/c1-11-9-10(15)13(7-8-14)12-5-3-2-4-6-12/h8,11H,2-7,9H2,1H3. The number of rotatable bonds is 5. The number of hydrazine groups is 1. The van der Waals surface area contributed by atoms with Gasteiger partial charge in [0.1, 0.15) is 6.29 Å². The van der Waals surface area contributed by atoms with Crippen LogP contribution >= 0.6 is 0 Å². The fraction of sp³-hybridized carbons (Fsp3) is 0.800. The van der Waals surface area contributed by atoms with E-state index in [4.69, 9.17) is 0 Å². The minimum atomic E-state index is -0.0356. The molecule has 0 aliphatic carbocycles. The zero-order valence-electron chi connectivity index (χ0n) is 9.24. The van der Waals surface area contributed by atoms with Crippen molar-refractivity contribution in [2.24, 2.45) is 0 Å². The van der Waals surface area contributed by atoms with Crippen molar-refractivity contribution in [3.63, 3.8) is 0 Å². The van der Waals surface area contributed by atoms with Crippen LogP contribution in [-0.2, 0) is 9.59 Å². The Labute approximate surface area is 90.4 Å². The summed E-state index contributed by atoms with van der Waals surface area (Å²) in [5.74, 6) is -0.0356. The molecule has 0 aromatic heterocycles. The van der Waals surface area contributed by atoms with Gasteiger partial charge in [0.25, 0.3) is 5.91 Å². The fourth-order valence-electron chi connectivity index (χ4n) is 1.81. The van der Waals surface area contributed by atoms with Gasteiger partial charge in [-0.2, -0.15) is 0 Å². The molecule has 1 saturated heterocycles. The highest BCUT2D eigenvalue weighted by molar-refractivity contribution is 5.79. The summed E-state index contributed by atoms with van der Waals surface area (Å²) in [6.45, 7) is 2.21. The lowest BCUT2D eigenvalue weighted by atomic mass is 10.2. The van der Waals surface area contributed by atoms with Crippen molar-refractivity contribution < 1.29 is 9.59 Å². The number of carbonyl (C=O) groups is 2. The topological polar surface area (TPSA) is 52.7 Å². The van der Waals surface area contributed by atoms with E-state index in [1.54, 1.807) is 12.1 Å². The summed E-state index contributed by atoms with van der Waals surface area (Å²) < 4.78 is 0. The van der Waals surface area contributed by atoms with Crippen molar-refractivity contribution in [1.82, 2.24) is 15.3 Å². The Morgan fingerprint density at radius 1 is 1.40 bits per heavy atom. The molecule has 5 heteroatoms. The molecular formula is C10H19N3O2. The highest BCUT2D eigenvalue weighted by atomic mass is 16.2. The number of likely N-dealkylation sites (N-methyl/N-ethyl adjacent to an activating group) is 1. The summed E-state index contributed by atoms with van der Waals surface area (Å²) >= 11 is 0. The summed E-state index contributed by atoms with van der Waals surface area (Å²) in [6.07, 6.45) is 4.19. The highest BCUT2D eigenvalue weighted by Crippen LogP contribution is 2.11. The van der Waals surface area contributed by atoms with Crippen LogP contribution < -0.4 is 5.32 Å². The summed E-state index contributed by atoms with van der Waals surface area (Å²) in [6, 6.07) is 0. The molecule has 0 unspecified atom stereocenters. The van der Waals surface area contributed by atoms with Gasteiger partial charge in [-0.15, -0.1) is 0 Å². The van der Waals surface area contributed by atoms with Gasteiger partial charge < -0.3 is 10.1 Å². The molecule has 86 valence electrons. The van der Waals surface area contributed by atoms with E-state index < -0.39 is 0 Å². The number of hydrogen-bond donors (Lipinski definition) is 1. The van der Waals surface area contributed by atoms with E-state index in [1.165, 1.54) is 6.42 Å². The van der Waals surface area contributed by atoms with E-state index in [0.29, 0.717) is 0 Å². The van der Waals surface area contributed by atoms with Gasteiger partial charge in [-0.05, 0) is 19.9 Å². The first-order valence-electron chi connectivity index (χ1n) is 5.43. The molecule has 0 atom stereocenters. The van der Waals surface area contributed by atoms with Crippen LogP contribution in [0.4, 0.5) is 0 Å².